The number of hydrogen-bond donors (Lipinski definition) is 1. The summed E-state index contributed by atoms with van der Waals surface area (Å²) < 4.78 is 11.7. The molecule has 7 nitrogen and oxygen atoms in total. The van der Waals surface area contributed by atoms with Crippen molar-refractivity contribution in [3.8, 4) is 11.5 Å². The van der Waals surface area contributed by atoms with Crippen LogP contribution in [-0.4, -0.2) is 25.0 Å². The predicted molar refractivity (Wildman–Crippen MR) is 120 cm³/mol. The molecule has 150 valence electrons. The maximum atomic E-state index is 5.37. The molecule has 8 heteroatoms. The summed E-state index contributed by atoms with van der Waals surface area (Å²) in [5, 5.41) is 13.7. The van der Waals surface area contributed by atoms with Gasteiger partial charge >= 0.3 is 0 Å². The van der Waals surface area contributed by atoms with Crippen LogP contribution in [0.5, 0.6) is 11.5 Å². The van der Waals surface area contributed by atoms with E-state index in [2.05, 4.69) is 25.7 Å². The van der Waals surface area contributed by atoms with Crippen LogP contribution >= 0.6 is 11.3 Å². The lowest BCUT2D eigenvalue weighted by Crippen LogP contribution is -2.02. The molecule has 0 aliphatic carbocycles. The molecule has 0 fully saturated rings. The highest BCUT2D eigenvalue weighted by molar-refractivity contribution is 7.21. The van der Waals surface area contributed by atoms with Crippen LogP contribution in [0.3, 0.4) is 0 Å². The molecule has 1 heterocycles. The molecule has 0 amide bonds. The average molecular weight is 417 g/mol. The van der Waals surface area contributed by atoms with Gasteiger partial charge in [-0.3, -0.25) is 5.43 Å². The van der Waals surface area contributed by atoms with Crippen LogP contribution in [0, 0.1) is 0 Å². The number of amidine groups is 1. The van der Waals surface area contributed by atoms with Gasteiger partial charge in [0.25, 0.3) is 0 Å². The van der Waals surface area contributed by atoms with Crippen LogP contribution in [-0.2, 0) is 0 Å². The van der Waals surface area contributed by atoms with Crippen molar-refractivity contribution >= 4 is 38.2 Å². The number of benzene rings is 3. The summed E-state index contributed by atoms with van der Waals surface area (Å²) in [6.45, 7) is 0. The summed E-state index contributed by atoms with van der Waals surface area (Å²) in [5.41, 5.74) is 5.41. The molecule has 1 aromatic heterocycles. The summed E-state index contributed by atoms with van der Waals surface area (Å²) >= 11 is 1.47. The van der Waals surface area contributed by atoms with E-state index in [0.717, 1.165) is 27.2 Å². The Hall–Kier alpha value is -3.78. The Labute approximate surface area is 177 Å². The van der Waals surface area contributed by atoms with E-state index in [1.807, 2.05) is 72.8 Å². The maximum absolute atomic E-state index is 5.37. The Morgan fingerprint density at radius 2 is 1.67 bits per heavy atom. The highest BCUT2D eigenvalue weighted by atomic mass is 32.1. The second-order valence-corrected chi connectivity index (χ2v) is 7.15. The molecule has 0 aliphatic heterocycles. The van der Waals surface area contributed by atoms with E-state index in [0.29, 0.717) is 16.7 Å². The number of methoxy groups -OCH3 is 2. The smallest absolute Gasteiger partial charge is 0.231 e. The fourth-order valence-electron chi connectivity index (χ4n) is 2.73. The molecule has 1 N–H and O–H groups in total. The minimum atomic E-state index is 0.405. The van der Waals surface area contributed by atoms with E-state index in [4.69, 9.17) is 9.47 Å². The Balaban J connectivity index is 1.66. The number of fused-ring (bicyclic) bond motifs is 1. The van der Waals surface area contributed by atoms with Gasteiger partial charge in [0.05, 0.1) is 30.1 Å². The fourth-order valence-corrected chi connectivity index (χ4v) is 3.52. The van der Waals surface area contributed by atoms with Crippen molar-refractivity contribution in [3.05, 3.63) is 78.4 Å². The lowest BCUT2D eigenvalue weighted by molar-refractivity contribution is 0.415. The summed E-state index contributed by atoms with van der Waals surface area (Å²) in [7, 11) is 3.24. The first-order valence-electron chi connectivity index (χ1n) is 9.15. The molecule has 0 saturated heterocycles. The largest absolute Gasteiger partial charge is 0.497 e. The Morgan fingerprint density at radius 3 is 2.43 bits per heavy atom. The third kappa shape index (κ3) is 4.44. The molecule has 3 aromatic carbocycles. The molecule has 4 aromatic rings. The monoisotopic (exact) mass is 417 g/mol. The Bertz CT molecular complexity index is 1170. The third-order valence-corrected chi connectivity index (χ3v) is 5.17. The van der Waals surface area contributed by atoms with Crippen LogP contribution in [0.1, 0.15) is 5.56 Å². The highest BCUT2D eigenvalue weighted by Gasteiger charge is 2.07. The quantitative estimate of drug-likeness (QED) is 0.184. The SMILES string of the molecule is COc1ccc(C(N=Nc2nc3ccccc3s2)=NNc2ccccc2OC)cc1. The number of para-hydroxylation sites is 3. The normalized spacial score (nSPS) is 11.7. The van der Waals surface area contributed by atoms with Crippen LogP contribution in [0.25, 0.3) is 10.2 Å². The number of anilines is 1. The third-order valence-electron chi connectivity index (χ3n) is 4.25. The van der Waals surface area contributed by atoms with Crippen LogP contribution < -0.4 is 14.9 Å². The summed E-state index contributed by atoms with van der Waals surface area (Å²) in [6, 6.07) is 22.8. The zero-order valence-electron chi connectivity index (χ0n) is 16.4. The fraction of sp³-hybridized carbons (Fsp3) is 0.0909. The number of azo groups is 1. The second-order valence-electron chi connectivity index (χ2n) is 6.14. The van der Waals surface area contributed by atoms with Crippen LogP contribution in [0.2, 0.25) is 0 Å². The van der Waals surface area contributed by atoms with Gasteiger partial charge in [-0.15, -0.1) is 10.2 Å². The minimum Gasteiger partial charge on any atom is -0.497 e. The van der Waals surface area contributed by atoms with E-state index in [1.165, 1.54) is 11.3 Å². The summed E-state index contributed by atoms with van der Waals surface area (Å²) in [5.74, 6) is 1.83. The zero-order chi connectivity index (χ0) is 20.8. The van der Waals surface area contributed by atoms with Gasteiger partial charge in [-0.1, -0.05) is 35.6 Å². The lowest BCUT2D eigenvalue weighted by Gasteiger charge is -2.08. The van der Waals surface area contributed by atoms with Crippen molar-refractivity contribution < 1.29 is 9.47 Å². The molecule has 0 unspecified atom stereocenters. The number of aromatic nitrogens is 1. The Morgan fingerprint density at radius 1 is 0.900 bits per heavy atom. The first-order chi connectivity index (χ1) is 14.8. The van der Waals surface area contributed by atoms with E-state index >= 15 is 0 Å². The number of nitrogens with zero attached hydrogens (tertiary/aromatic N) is 4. The molecule has 0 spiro atoms. The number of ether oxygens (including phenoxy) is 2. The van der Waals surface area contributed by atoms with Crippen molar-refractivity contribution in [3.63, 3.8) is 0 Å². The molecular formula is C22H19N5O2S. The van der Waals surface area contributed by atoms with Crippen molar-refractivity contribution in [2.24, 2.45) is 15.3 Å². The second kappa shape index (κ2) is 9.15. The number of hydrazone groups is 1. The van der Waals surface area contributed by atoms with Crippen molar-refractivity contribution in [1.29, 1.82) is 0 Å². The van der Waals surface area contributed by atoms with Gasteiger partial charge in [-0.05, 0) is 48.5 Å². The maximum Gasteiger partial charge on any atom is 0.231 e. The molecule has 0 aliphatic rings. The van der Waals surface area contributed by atoms with Gasteiger partial charge in [0.15, 0.2) is 0 Å². The summed E-state index contributed by atoms with van der Waals surface area (Å²) in [6.07, 6.45) is 0. The topological polar surface area (TPSA) is 80.5 Å². The van der Waals surface area contributed by atoms with Crippen molar-refractivity contribution in [2.75, 3.05) is 19.6 Å². The summed E-state index contributed by atoms with van der Waals surface area (Å²) in [4.78, 5) is 4.49. The molecule has 4 rings (SSSR count). The van der Waals surface area contributed by atoms with Gasteiger partial charge in [0, 0.05) is 5.56 Å². The van der Waals surface area contributed by atoms with Crippen LogP contribution in [0.4, 0.5) is 10.8 Å². The van der Waals surface area contributed by atoms with E-state index in [9.17, 15) is 0 Å². The van der Waals surface area contributed by atoms with E-state index in [-0.39, 0.29) is 0 Å². The molecule has 0 radical (unpaired) electrons. The van der Waals surface area contributed by atoms with E-state index < -0.39 is 0 Å². The highest BCUT2D eigenvalue weighted by Crippen LogP contribution is 2.28. The average Bonchev–Trinajstić information content (AvgIpc) is 3.22. The zero-order valence-corrected chi connectivity index (χ0v) is 17.3. The lowest BCUT2D eigenvalue weighted by atomic mass is 10.2. The molecule has 0 saturated carbocycles. The number of nitrogens with one attached hydrogen (secondary N) is 1. The van der Waals surface area contributed by atoms with Crippen molar-refractivity contribution in [1.82, 2.24) is 4.98 Å². The van der Waals surface area contributed by atoms with Gasteiger partial charge in [-0.25, -0.2) is 4.98 Å². The van der Waals surface area contributed by atoms with Gasteiger partial charge in [0.1, 0.15) is 11.5 Å². The van der Waals surface area contributed by atoms with Crippen molar-refractivity contribution in [2.45, 2.75) is 0 Å². The van der Waals surface area contributed by atoms with Gasteiger partial charge < -0.3 is 9.47 Å². The molecule has 0 atom stereocenters. The van der Waals surface area contributed by atoms with Gasteiger partial charge in [-0.2, -0.15) is 5.10 Å². The van der Waals surface area contributed by atoms with Crippen LogP contribution in [0.15, 0.2) is 88.1 Å². The molecule has 0 bridgehead atoms. The standard InChI is InChI=1S/C22H19N5O2S/c1-28-16-13-11-15(12-14-16)21(25-24-17-7-3-5-9-19(17)29-2)26-27-22-23-18-8-4-6-10-20(18)30-22/h3-14,24H,1-2H3. The molecule has 30 heavy (non-hydrogen) atoms. The first kappa shape index (κ1) is 19.5. The predicted octanol–water partition coefficient (Wildman–Crippen LogP) is 5.87. The van der Waals surface area contributed by atoms with E-state index in [1.54, 1.807) is 14.2 Å². The number of hydrogen-bond acceptors (Lipinski definition) is 7. The molecular weight excluding hydrogens is 398 g/mol. The number of rotatable bonds is 6. The first-order valence-corrected chi connectivity index (χ1v) is 9.97. The van der Waals surface area contributed by atoms with Gasteiger partial charge in [0.2, 0.25) is 11.0 Å². The minimum absolute atomic E-state index is 0.405. The number of thiazole rings is 1. The Kier molecular flexibility index (Phi) is 5.95.